The third-order valence-electron chi connectivity index (χ3n) is 3.78. The van der Waals surface area contributed by atoms with Crippen LogP contribution < -0.4 is 10.1 Å². The summed E-state index contributed by atoms with van der Waals surface area (Å²) in [6.45, 7) is 1.60. The molecule has 136 valence electrons. The van der Waals surface area contributed by atoms with Crippen LogP contribution in [0.1, 0.15) is 12.6 Å². The molecule has 0 saturated carbocycles. The van der Waals surface area contributed by atoms with Crippen LogP contribution in [0.25, 0.3) is 0 Å². The quantitative estimate of drug-likeness (QED) is 0.687. The van der Waals surface area contributed by atoms with Crippen molar-refractivity contribution in [3.63, 3.8) is 0 Å². The number of pyridine rings is 1. The van der Waals surface area contributed by atoms with Gasteiger partial charge in [-0.2, -0.15) is 5.26 Å². The monoisotopic (exact) mass is 379 g/mol. The van der Waals surface area contributed by atoms with Crippen LogP contribution in [0.5, 0.6) is 11.5 Å². The van der Waals surface area contributed by atoms with Gasteiger partial charge in [0.15, 0.2) is 9.84 Å². The highest BCUT2D eigenvalue weighted by Crippen LogP contribution is 2.30. The maximum atomic E-state index is 12.2. The number of sulfone groups is 1. The molecule has 27 heavy (non-hydrogen) atoms. The number of nitrogens with zero attached hydrogens (tertiary/aromatic N) is 2. The highest BCUT2D eigenvalue weighted by molar-refractivity contribution is 7.91. The molecule has 0 unspecified atom stereocenters. The molecule has 0 radical (unpaired) electrons. The highest BCUT2D eigenvalue weighted by Gasteiger charge is 2.17. The van der Waals surface area contributed by atoms with Crippen molar-refractivity contribution in [2.75, 3.05) is 11.1 Å². The molecule has 0 aliphatic carbocycles. The van der Waals surface area contributed by atoms with Gasteiger partial charge in [0, 0.05) is 5.69 Å². The van der Waals surface area contributed by atoms with Gasteiger partial charge in [-0.15, -0.1) is 0 Å². The molecule has 0 aliphatic heterocycles. The SMILES string of the molecule is CCS(=O)(=O)c1ccccc1Oc1ccc(Nc2cccc(C#N)n2)cc1. The van der Waals surface area contributed by atoms with E-state index in [-0.39, 0.29) is 10.6 Å². The Kier molecular flexibility index (Phi) is 5.38. The van der Waals surface area contributed by atoms with E-state index in [2.05, 4.69) is 10.3 Å². The first kappa shape index (κ1) is 18.4. The van der Waals surface area contributed by atoms with Crippen molar-refractivity contribution in [3.8, 4) is 17.6 Å². The molecule has 1 N–H and O–H groups in total. The Morgan fingerprint density at radius 1 is 1.04 bits per heavy atom. The number of anilines is 2. The maximum Gasteiger partial charge on any atom is 0.181 e. The summed E-state index contributed by atoms with van der Waals surface area (Å²) < 4.78 is 30.2. The van der Waals surface area contributed by atoms with E-state index in [0.29, 0.717) is 23.0 Å². The number of aromatic nitrogens is 1. The van der Waals surface area contributed by atoms with Gasteiger partial charge in [0.25, 0.3) is 0 Å². The first-order valence-corrected chi connectivity index (χ1v) is 9.91. The predicted molar refractivity (Wildman–Crippen MR) is 103 cm³/mol. The summed E-state index contributed by atoms with van der Waals surface area (Å²) in [4.78, 5) is 4.33. The van der Waals surface area contributed by atoms with E-state index in [0.717, 1.165) is 5.69 Å². The van der Waals surface area contributed by atoms with Crippen LogP contribution in [0.15, 0.2) is 71.6 Å². The number of nitrogens with one attached hydrogen (secondary N) is 1. The van der Waals surface area contributed by atoms with Gasteiger partial charge in [0.2, 0.25) is 0 Å². The number of ether oxygens (including phenoxy) is 1. The van der Waals surface area contributed by atoms with E-state index in [1.54, 1.807) is 67.6 Å². The summed E-state index contributed by atoms with van der Waals surface area (Å²) in [7, 11) is -3.38. The molecule has 1 heterocycles. The molecule has 7 heteroatoms. The average Bonchev–Trinajstić information content (AvgIpc) is 2.70. The van der Waals surface area contributed by atoms with Gasteiger partial charge in [0.05, 0.1) is 5.75 Å². The van der Waals surface area contributed by atoms with Gasteiger partial charge in [0.1, 0.15) is 34.0 Å². The number of hydrogen-bond acceptors (Lipinski definition) is 6. The Hall–Kier alpha value is -3.37. The van der Waals surface area contributed by atoms with Crippen molar-refractivity contribution in [1.29, 1.82) is 5.26 Å². The molecule has 0 atom stereocenters. The van der Waals surface area contributed by atoms with Gasteiger partial charge >= 0.3 is 0 Å². The minimum Gasteiger partial charge on any atom is -0.456 e. The molecule has 0 saturated heterocycles. The fraction of sp³-hybridized carbons (Fsp3) is 0.100. The zero-order chi connectivity index (χ0) is 19.3. The fourth-order valence-electron chi connectivity index (χ4n) is 2.39. The minimum atomic E-state index is -3.38. The molecule has 0 spiro atoms. The molecule has 0 bridgehead atoms. The summed E-state index contributed by atoms with van der Waals surface area (Å²) in [5.41, 5.74) is 1.09. The largest absolute Gasteiger partial charge is 0.456 e. The second kappa shape index (κ2) is 7.89. The number of hydrogen-bond donors (Lipinski definition) is 1. The van der Waals surface area contributed by atoms with Crippen LogP contribution in [0.3, 0.4) is 0 Å². The molecule has 2 aromatic carbocycles. The third kappa shape index (κ3) is 4.43. The average molecular weight is 379 g/mol. The van der Waals surface area contributed by atoms with E-state index < -0.39 is 9.84 Å². The smallest absolute Gasteiger partial charge is 0.181 e. The van der Waals surface area contributed by atoms with Crippen molar-refractivity contribution in [3.05, 3.63) is 72.4 Å². The molecule has 0 amide bonds. The third-order valence-corrected chi connectivity index (χ3v) is 5.55. The van der Waals surface area contributed by atoms with E-state index in [1.807, 2.05) is 6.07 Å². The second-order valence-corrected chi connectivity index (χ2v) is 7.87. The normalized spacial score (nSPS) is 10.8. The van der Waals surface area contributed by atoms with Crippen molar-refractivity contribution in [2.24, 2.45) is 0 Å². The van der Waals surface area contributed by atoms with Crippen molar-refractivity contribution < 1.29 is 13.2 Å². The molecule has 0 aliphatic rings. The Morgan fingerprint density at radius 2 is 1.78 bits per heavy atom. The lowest BCUT2D eigenvalue weighted by molar-refractivity contribution is 0.467. The highest BCUT2D eigenvalue weighted by atomic mass is 32.2. The molecule has 3 rings (SSSR count). The van der Waals surface area contributed by atoms with Crippen LogP contribution in [0, 0.1) is 11.3 Å². The van der Waals surface area contributed by atoms with Crippen LogP contribution in [0.4, 0.5) is 11.5 Å². The summed E-state index contributed by atoms with van der Waals surface area (Å²) in [5, 5.41) is 12.0. The van der Waals surface area contributed by atoms with Gasteiger partial charge in [-0.05, 0) is 48.5 Å². The van der Waals surface area contributed by atoms with Crippen LogP contribution >= 0.6 is 0 Å². The number of rotatable bonds is 6. The van der Waals surface area contributed by atoms with Gasteiger partial charge < -0.3 is 10.1 Å². The Labute approximate surface area is 158 Å². The number of benzene rings is 2. The Morgan fingerprint density at radius 3 is 2.48 bits per heavy atom. The van der Waals surface area contributed by atoms with E-state index in [9.17, 15) is 8.42 Å². The van der Waals surface area contributed by atoms with E-state index in [4.69, 9.17) is 10.00 Å². The van der Waals surface area contributed by atoms with E-state index in [1.165, 1.54) is 6.07 Å². The Bertz CT molecular complexity index is 1090. The van der Waals surface area contributed by atoms with Crippen LogP contribution in [0.2, 0.25) is 0 Å². The molecular formula is C20H17N3O3S. The summed E-state index contributed by atoms with van der Waals surface area (Å²) >= 11 is 0. The lowest BCUT2D eigenvalue weighted by Crippen LogP contribution is -2.05. The van der Waals surface area contributed by atoms with Gasteiger partial charge in [-0.1, -0.05) is 25.1 Å². The first-order valence-electron chi connectivity index (χ1n) is 8.26. The van der Waals surface area contributed by atoms with Crippen molar-refractivity contribution >= 4 is 21.3 Å². The lowest BCUT2D eigenvalue weighted by atomic mass is 10.3. The van der Waals surface area contributed by atoms with Crippen LogP contribution in [-0.2, 0) is 9.84 Å². The molecule has 3 aromatic rings. The zero-order valence-electron chi connectivity index (χ0n) is 14.6. The van der Waals surface area contributed by atoms with Crippen molar-refractivity contribution in [1.82, 2.24) is 4.98 Å². The van der Waals surface area contributed by atoms with Crippen molar-refractivity contribution in [2.45, 2.75) is 11.8 Å². The van der Waals surface area contributed by atoms with Crippen LogP contribution in [-0.4, -0.2) is 19.2 Å². The second-order valence-electron chi connectivity index (χ2n) is 5.62. The lowest BCUT2D eigenvalue weighted by Gasteiger charge is -2.12. The standard InChI is InChI=1S/C20H17N3O3S/c1-2-27(24,25)19-8-4-3-7-18(19)26-17-12-10-15(11-13-17)22-20-9-5-6-16(14-21)23-20/h3-13H,2H2,1H3,(H,22,23). The zero-order valence-corrected chi connectivity index (χ0v) is 15.4. The molecule has 1 aromatic heterocycles. The maximum absolute atomic E-state index is 12.2. The Balaban J connectivity index is 1.78. The molecule has 6 nitrogen and oxygen atoms in total. The topological polar surface area (TPSA) is 92.1 Å². The molecule has 0 fully saturated rings. The van der Waals surface area contributed by atoms with Gasteiger partial charge in [-0.25, -0.2) is 13.4 Å². The first-order chi connectivity index (χ1) is 13.0. The van der Waals surface area contributed by atoms with Gasteiger partial charge in [-0.3, -0.25) is 0 Å². The predicted octanol–water partition coefficient (Wildman–Crippen LogP) is 4.28. The summed E-state index contributed by atoms with van der Waals surface area (Å²) in [6, 6.07) is 20.7. The summed E-state index contributed by atoms with van der Waals surface area (Å²) in [6.07, 6.45) is 0. The number of nitriles is 1. The molecular weight excluding hydrogens is 362 g/mol. The minimum absolute atomic E-state index is 0.00495. The number of para-hydroxylation sites is 1. The van der Waals surface area contributed by atoms with E-state index >= 15 is 0 Å². The summed E-state index contributed by atoms with van der Waals surface area (Å²) in [5.74, 6) is 1.37. The fourth-order valence-corrected chi connectivity index (χ4v) is 3.41.